The molecule has 7 nitrogen and oxygen atoms in total. The highest BCUT2D eigenvalue weighted by Gasteiger charge is 2.32. The summed E-state index contributed by atoms with van der Waals surface area (Å²) in [5.41, 5.74) is 2.29. The predicted octanol–water partition coefficient (Wildman–Crippen LogP) is 3.35. The Kier molecular flexibility index (Phi) is 5.32. The van der Waals surface area contributed by atoms with Crippen LogP contribution in [0.1, 0.15) is 35.8 Å². The number of imidazole rings is 1. The number of nitrogens with zero attached hydrogens (tertiary/aromatic N) is 4. The van der Waals surface area contributed by atoms with E-state index < -0.39 is 0 Å². The number of esters is 1. The minimum absolute atomic E-state index is 0.202. The number of thiazole rings is 1. The smallest absolute Gasteiger partial charge is 0.310 e. The number of likely N-dealkylation sites (tertiary alicyclic amines) is 1. The Hall–Kier alpha value is -3.18. The third-order valence-corrected chi connectivity index (χ3v) is 5.81. The molecule has 1 saturated heterocycles. The number of carbonyl (C=O) groups excluding carboxylic acids is 2. The van der Waals surface area contributed by atoms with Crippen molar-refractivity contribution in [3.8, 4) is 17.3 Å². The predicted molar refractivity (Wildman–Crippen MR) is 108 cm³/mol. The number of piperidine rings is 1. The maximum Gasteiger partial charge on any atom is 0.310 e. The monoisotopic (exact) mass is 408 g/mol. The molecule has 4 rings (SSSR count). The number of nitriles is 1. The van der Waals surface area contributed by atoms with E-state index in [9.17, 15) is 14.9 Å². The second-order valence-electron chi connectivity index (χ2n) is 6.90. The fourth-order valence-electron chi connectivity index (χ4n) is 3.71. The average molecular weight is 408 g/mol. The summed E-state index contributed by atoms with van der Waals surface area (Å²) in [4.78, 5) is 32.5. The Morgan fingerprint density at radius 1 is 1.41 bits per heavy atom. The second-order valence-corrected chi connectivity index (χ2v) is 7.77. The molecule has 2 aromatic heterocycles. The van der Waals surface area contributed by atoms with Crippen molar-refractivity contribution < 1.29 is 14.3 Å². The summed E-state index contributed by atoms with van der Waals surface area (Å²) in [6, 6.07) is 9.30. The molecule has 0 aliphatic carbocycles. The fraction of sp³-hybridized carbons (Fsp3) is 0.333. The average Bonchev–Trinajstić information content (AvgIpc) is 3.34. The molecule has 0 N–H and O–H groups in total. The number of amides is 1. The first-order chi connectivity index (χ1) is 14.1. The van der Waals surface area contributed by atoms with Gasteiger partial charge >= 0.3 is 5.97 Å². The van der Waals surface area contributed by atoms with E-state index in [0.29, 0.717) is 41.6 Å². The van der Waals surface area contributed by atoms with Gasteiger partial charge in [-0.25, -0.2) is 4.98 Å². The third kappa shape index (κ3) is 3.61. The highest BCUT2D eigenvalue weighted by molar-refractivity contribution is 7.15. The topological polar surface area (TPSA) is 87.7 Å². The van der Waals surface area contributed by atoms with Crippen LogP contribution in [0.2, 0.25) is 0 Å². The maximum absolute atomic E-state index is 13.4. The van der Waals surface area contributed by atoms with Gasteiger partial charge in [-0.2, -0.15) is 5.26 Å². The molecule has 8 heteroatoms. The summed E-state index contributed by atoms with van der Waals surface area (Å²) in [5, 5.41) is 11.2. The molecule has 29 heavy (non-hydrogen) atoms. The van der Waals surface area contributed by atoms with Gasteiger partial charge in [-0.05, 0) is 31.9 Å². The van der Waals surface area contributed by atoms with Crippen molar-refractivity contribution in [2.45, 2.75) is 19.8 Å². The first-order valence-corrected chi connectivity index (χ1v) is 10.4. The van der Waals surface area contributed by atoms with Gasteiger partial charge in [0.1, 0.15) is 0 Å². The van der Waals surface area contributed by atoms with Crippen LogP contribution in [0.15, 0.2) is 35.8 Å². The van der Waals surface area contributed by atoms with Crippen LogP contribution in [0.4, 0.5) is 0 Å². The van der Waals surface area contributed by atoms with E-state index in [4.69, 9.17) is 4.74 Å². The van der Waals surface area contributed by atoms with E-state index in [1.807, 2.05) is 22.0 Å². The number of aromatic nitrogens is 2. The molecule has 1 atom stereocenters. The summed E-state index contributed by atoms with van der Waals surface area (Å²) in [6.45, 7) is 3.03. The molecule has 3 heterocycles. The Bertz CT molecular complexity index is 1110. The first kappa shape index (κ1) is 19.2. The molecule has 1 amide bonds. The number of ether oxygens (including phenoxy) is 1. The zero-order chi connectivity index (χ0) is 20.4. The third-order valence-electron chi connectivity index (χ3n) is 5.06. The lowest BCUT2D eigenvalue weighted by atomic mass is 9.97. The summed E-state index contributed by atoms with van der Waals surface area (Å²) in [5.74, 6) is -0.758. The van der Waals surface area contributed by atoms with Crippen LogP contribution in [0.25, 0.3) is 16.2 Å². The summed E-state index contributed by atoms with van der Waals surface area (Å²) < 4.78 is 7.02. The van der Waals surface area contributed by atoms with E-state index in [0.717, 1.165) is 18.4 Å². The SMILES string of the molecule is CCOC(=O)C1CCCN(C(=O)c2nc3sccn3c2-c2cccc(C#N)c2)C1. The highest BCUT2D eigenvalue weighted by Crippen LogP contribution is 2.30. The molecule has 1 aliphatic rings. The summed E-state index contributed by atoms with van der Waals surface area (Å²) >= 11 is 1.45. The molecule has 1 aliphatic heterocycles. The molecule has 3 aromatic rings. The van der Waals surface area contributed by atoms with E-state index in [2.05, 4.69) is 11.1 Å². The standard InChI is InChI=1S/C21H20N4O3S/c1-2-28-20(27)16-7-4-8-24(13-16)19(26)17-18(25-9-10-29-21(25)23-17)15-6-3-5-14(11-15)12-22/h3,5-6,9-11,16H,2,4,7-8,13H2,1H3. The molecule has 148 valence electrons. The van der Waals surface area contributed by atoms with Crippen molar-refractivity contribution in [2.24, 2.45) is 5.92 Å². The zero-order valence-corrected chi connectivity index (χ0v) is 16.8. The lowest BCUT2D eigenvalue weighted by Crippen LogP contribution is -2.43. The van der Waals surface area contributed by atoms with Crippen molar-refractivity contribution in [1.82, 2.24) is 14.3 Å². The number of benzene rings is 1. The molecule has 0 radical (unpaired) electrons. The lowest BCUT2D eigenvalue weighted by molar-refractivity contribution is -0.149. The quantitative estimate of drug-likeness (QED) is 0.618. The summed E-state index contributed by atoms with van der Waals surface area (Å²) in [6.07, 6.45) is 3.34. The molecular formula is C21H20N4O3S. The zero-order valence-electron chi connectivity index (χ0n) is 16.0. The first-order valence-electron chi connectivity index (χ1n) is 9.54. The van der Waals surface area contributed by atoms with Gasteiger partial charge in [-0.1, -0.05) is 12.1 Å². The van der Waals surface area contributed by atoms with Gasteiger partial charge in [-0.3, -0.25) is 14.0 Å². The van der Waals surface area contributed by atoms with Crippen LogP contribution in [0.5, 0.6) is 0 Å². The van der Waals surface area contributed by atoms with Crippen molar-refractivity contribution in [1.29, 1.82) is 5.26 Å². The van der Waals surface area contributed by atoms with Gasteiger partial charge in [-0.15, -0.1) is 11.3 Å². The number of carbonyl (C=O) groups is 2. The van der Waals surface area contributed by atoms with E-state index in [1.54, 1.807) is 30.0 Å². The summed E-state index contributed by atoms with van der Waals surface area (Å²) in [7, 11) is 0. The number of rotatable bonds is 4. The van der Waals surface area contributed by atoms with Gasteiger partial charge < -0.3 is 9.64 Å². The van der Waals surface area contributed by atoms with Crippen molar-refractivity contribution in [3.63, 3.8) is 0 Å². The highest BCUT2D eigenvalue weighted by atomic mass is 32.1. The van der Waals surface area contributed by atoms with Gasteiger partial charge in [0.05, 0.1) is 29.9 Å². The van der Waals surface area contributed by atoms with Crippen molar-refractivity contribution in [3.05, 3.63) is 47.1 Å². The number of hydrogen-bond donors (Lipinski definition) is 0. The Labute approximate surface area is 172 Å². The van der Waals surface area contributed by atoms with E-state index in [1.165, 1.54) is 11.3 Å². The van der Waals surface area contributed by atoms with Crippen LogP contribution >= 0.6 is 11.3 Å². The van der Waals surface area contributed by atoms with Crippen molar-refractivity contribution >= 4 is 28.2 Å². The number of fused-ring (bicyclic) bond motifs is 1. The minimum Gasteiger partial charge on any atom is -0.466 e. The van der Waals surface area contributed by atoms with Crippen molar-refractivity contribution in [2.75, 3.05) is 19.7 Å². The Balaban J connectivity index is 1.70. The van der Waals surface area contributed by atoms with Gasteiger partial charge in [0.25, 0.3) is 5.91 Å². The lowest BCUT2D eigenvalue weighted by Gasteiger charge is -2.31. The van der Waals surface area contributed by atoms with Gasteiger partial charge in [0, 0.05) is 30.2 Å². The fourth-order valence-corrected chi connectivity index (χ4v) is 4.42. The van der Waals surface area contributed by atoms with Crippen LogP contribution in [-0.2, 0) is 9.53 Å². The molecule has 0 spiro atoms. The van der Waals surface area contributed by atoms with Crippen LogP contribution < -0.4 is 0 Å². The van der Waals surface area contributed by atoms with Crippen LogP contribution in [-0.4, -0.2) is 45.9 Å². The molecule has 1 unspecified atom stereocenters. The Morgan fingerprint density at radius 2 is 2.28 bits per heavy atom. The number of hydrogen-bond acceptors (Lipinski definition) is 6. The molecule has 1 aromatic carbocycles. The minimum atomic E-state index is -0.304. The molecule has 1 fully saturated rings. The van der Waals surface area contributed by atoms with Gasteiger partial charge in [0.2, 0.25) is 0 Å². The molecular weight excluding hydrogens is 388 g/mol. The normalized spacial score (nSPS) is 16.6. The molecule has 0 saturated carbocycles. The van der Waals surface area contributed by atoms with E-state index in [-0.39, 0.29) is 17.8 Å². The molecule has 0 bridgehead atoms. The second kappa shape index (κ2) is 8.05. The van der Waals surface area contributed by atoms with Gasteiger partial charge in [0.15, 0.2) is 10.7 Å². The van der Waals surface area contributed by atoms with Crippen LogP contribution in [0.3, 0.4) is 0 Å². The van der Waals surface area contributed by atoms with Crippen LogP contribution in [0, 0.1) is 17.2 Å². The largest absolute Gasteiger partial charge is 0.466 e. The maximum atomic E-state index is 13.4. The van der Waals surface area contributed by atoms with E-state index >= 15 is 0 Å². The Morgan fingerprint density at radius 3 is 3.07 bits per heavy atom.